The Kier molecular flexibility index (Phi) is 5.96. The Morgan fingerprint density at radius 3 is 2.47 bits per heavy atom. The van der Waals surface area contributed by atoms with Gasteiger partial charge in [0, 0.05) is 17.5 Å². The summed E-state index contributed by atoms with van der Waals surface area (Å²) in [5.74, 6) is -0.308. The fourth-order valence-electron chi connectivity index (χ4n) is 2.14. The molecule has 1 aromatic rings. The molecule has 0 aliphatic carbocycles. The average Bonchev–Trinajstić information content (AvgIpc) is 2.28. The van der Waals surface area contributed by atoms with Gasteiger partial charge in [-0.3, -0.25) is 0 Å². The van der Waals surface area contributed by atoms with Crippen molar-refractivity contribution in [3.8, 4) is 0 Å². The second-order valence-corrected chi connectivity index (χ2v) is 6.66. The van der Waals surface area contributed by atoms with Crippen molar-refractivity contribution in [2.75, 3.05) is 6.61 Å². The molecule has 1 rings (SSSR count). The van der Waals surface area contributed by atoms with Crippen molar-refractivity contribution in [1.82, 2.24) is 0 Å². The van der Waals surface area contributed by atoms with Gasteiger partial charge in [-0.25, -0.2) is 4.39 Å². The minimum atomic E-state index is -0.726. The summed E-state index contributed by atoms with van der Waals surface area (Å²) >= 11 is 3.22. The topological polar surface area (TPSA) is 29.5 Å². The van der Waals surface area contributed by atoms with Crippen LogP contribution in [0.2, 0.25) is 0 Å². The van der Waals surface area contributed by atoms with Gasteiger partial charge in [0.2, 0.25) is 0 Å². The number of rotatable bonds is 5. The molecule has 19 heavy (non-hydrogen) atoms. The molecular weight excluding hydrogens is 311 g/mol. The minimum absolute atomic E-state index is 0.193. The molecule has 0 saturated heterocycles. The van der Waals surface area contributed by atoms with Crippen molar-refractivity contribution in [3.05, 3.63) is 34.1 Å². The van der Waals surface area contributed by atoms with Crippen molar-refractivity contribution in [1.29, 1.82) is 0 Å². The molecule has 2 atom stereocenters. The first-order valence-electron chi connectivity index (χ1n) is 6.49. The lowest BCUT2D eigenvalue weighted by molar-refractivity contribution is -0.0875. The molecule has 0 aromatic heterocycles. The Labute approximate surface area is 123 Å². The van der Waals surface area contributed by atoms with Crippen molar-refractivity contribution in [2.45, 2.75) is 46.3 Å². The Hall–Kier alpha value is -0.450. The van der Waals surface area contributed by atoms with Crippen LogP contribution >= 0.6 is 15.9 Å². The number of hydrogen-bond donors (Lipinski definition) is 1. The molecule has 0 spiro atoms. The van der Waals surface area contributed by atoms with Crippen molar-refractivity contribution < 1.29 is 14.2 Å². The van der Waals surface area contributed by atoms with Crippen LogP contribution in [0.5, 0.6) is 0 Å². The summed E-state index contributed by atoms with van der Waals surface area (Å²) in [5.41, 5.74) is 0.311. The third kappa shape index (κ3) is 4.86. The monoisotopic (exact) mass is 332 g/mol. The van der Waals surface area contributed by atoms with Crippen LogP contribution in [0.25, 0.3) is 0 Å². The van der Waals surface area contributed by atoms with E-state index in [1.807, 2.05) is 27.7 Å². The number of hydrogen-bond acceptors (Lipinski definition) is 2. The van der Waals surface area contributed by atoms with Crippen molar-refractivity contribution >= 4 is 15.9 Å². The average molecular weight is 333 g/mol. The second kappa shape index (κ2) is 6.82. The maximum absolute atomic E-state index is 13.8. The number of benzene rings is 1. The summed E-state index contributed by atoms with van der Waals surface area (Å²) in [6.45, 7) is 8.45. The molecule has 108 valence electrons. The van der Waals surface area contributed by atoms with Gasteiger partial charge in [0.25, 0.3) is 0 Å². The van der Waals surface area contributed by atoms with E-state index >= 15 is 0 Å². The predicted molar refractivity (Wildman–Crippen MR) is 78.7 cm³/mol. The van der Waals surface area contributed by atoms with Crippen LogP contribution in [-0.4, -0.2) is 23.9 Å². The fourth-order valence-corrected chi connectivity index (χ4v) is 2.47. The highest BCUT2D eigenvalue weighted by molar-refractivity contribution is 9.10. The van der Waals surface area contributed by atoms with Gasteiger partial charge in [0.1, 0.15) is 5.82 Å². The quantitative estimate of drug-likeness (QED) is 0.884. The molecule has 0 bridgehead atoms. The van der Waals surface area contributed by atoms with E-state index in [0.717, 1.165) is 0 Å². The first-order valence-corrected chi connectivity index (χ1v) is 7.28. The lowest BCUT2D eigenvalue weighted by Gasteiger charge is -2.34. The number of halogens is 2. The summed E-state index contributed by atoms with van der Waals surface area (Å²) < 4.78 is 20.1. The third-order valence-corrected chi connectivity index (χ3v) is 3.49. The Balaban J connectivity index is 2.84. The highest BCUT2D eigenvalue weighted by atomic mass is 79.9. The molecule has 0 fully saturated rings. The van der Waals surface area contributed by atoms with Gasteiger partial charge in [0.05, 0.1) is 12.2 Å². The first-order chi connectivity index (χ1) is 8.75. The first kappa shape index (κ1) is 16.6. The lowest BCUT2D eigenvalue weighted by atomic mass is 9.83. The third-order valence-electron chi connectivity index (χ3n) is 2.99. The predicted octanol–water partition coefficient (Wildman–Crippen LogP) is 3.94. The van der Waals surface area contributed by atoms with Gasteiger partial charge in [0.15, 0.2) is 0 Å². The maximum atomic E-state index is 13.8. The number of ether oxygens (including phenoxy) is 1. The standard InChI is InChI=1S/C15H22BrFO2/c1-5-19-14(15(2,3)4)13(18)8-10-6-7-11(16)9-12(10)17/h6-7,9,13-14,18H,5,8H2,1-4H3. The van der Waals surface area contributed by atoms with E-state index in [0.29, 0.717) is 16.6 Å². The molecule has 0 aliphatic heterocycles. The van der Waals surface area contributed by atoms with Gasteiger partial charge in [-0.1, -0.05) is 42.8 Å². The summed E-state index contributed by atoms with van der Waals surface area (Å²) in [7, 11) is 0. The van der Waals surface area contributed by atoms with Crippen LogP contribution in [0.15, 0.2) is 22.7 Å². The van der Waals surface area contributed by atoms with E-state index in [1.165, 1.54) is 6.07 Å². The summed E-state index contributed by atoms with van der Waals surface area (Å²) in [6, 6.07) is 4.88. The van der Waals surface area contributed by atoms with E-state index in [1.54, 1.807) is 12.1 Å². The highest BCUT2D eigenvalue weighted by Crippen LogP contribution is 2.27. The molecule has 2 unspecified atom stereocenters. The Bertz CT molecular complexity index is 415. The zero-order valence-corrected chi connectivity index (χ0v) is 13.5. The molecule has 0 radical (unpaired) electrons. The van der Waals surface area contributed by atoms with E-state index in [-0.39, 0.29) is 23.8 Å². The molecule has 1 aromatic carbocycles. The molecule has 0 heterocycles. The molecular formula is C15H22BrFO2. The smallest absolute Gasteiger partial charge is 0.127 e. The van der Waals surface area contributed by atoms with E-state index < -0.39 is 6.10 Å². The Morgan fingerprint density at radius 2 is 2.00 bits per heavy atom. The second-order valence-electron chi connectivity index (χ2n) is 5.75. The normalized spacial score (nSPS) is 15.3. The van der Waals surface area contributed by atoms with E-state index in [4.69, 9.17) is 4.74 Å². The largest absolute Gasteiger partial charge is 0.390 e. The number of aliphatic hydroxyl groups is 1. The highest BCUT2D eigenvalue weighted by Gasteiger charge is 2.32. The minimum Gasteiger partial charge on any atom is -0.390 e. The molecule has 4 heteroatoms. The zero-order chi connectivity index (χ0) is 14.6. The molecule has 1 N–H and O–H groups in total. The fraction of sp³-hybridized carbons (Fsp3) is 0.600. The van der Waals surface area contributed by atoms with Crippen LogP contribution in [0, 0.1) is 11.2 Å². The van der Waals surface area contributed by atoms with E-state index in [9.17, 15) is 9.50 Å². The maximum Gasteiger partial charge on any atom is 0.127 e. The van der Waals surface area contributed by atoms with Gasteiger partial charge in [-0.05, 0) is 30.0 Å². The molecule has 2 nitrogen and oxygen atoms in total. The van der Waals surface area contributed by atoms with E-state index in [2.05, 4.69) is 15.9 Å². The van der Waals surface area contributed by atoms with Gasteiger partial charge in [-0.15, -0.1) is 0 Å². The van der Waals surface area contributed by atoms with Crippen LogP contribution in [0.1, 0.15) is 33.3 Å². The zero-order valence-electron chi connectivity index (χ0n) is 11.9. The van der Waals surface area contributed by atoms with Gasteiger partial charge >= 0.3 is 0 Å². The molecule has 0 amide bonds. The van der Waals surface area contributed by atoms with Crippen LogP contribution < -0.4 is 0 Å². The molecule has 0 aliphatic rings. The van der Waals surface area contributed by atoms with Crippen molar-refractivity contribution in [3.63, 3.8) is 0 Å². The van der Waals surface area contributed by atoms with Gasteiger partial charge in [-0.2, -0.15) is 0 Å². The molecule has 0 saturated carbocycles. The Morgan fingerprint density at radius 1 is 1.37 bits per heavy atom. The SMILES string of the molecule is CCOC(C(O)Cc1ccc(Br)cc1F)C(C)(C)C. The lowest BCUT2D eigenvalue weighted by Crippen LogP contribution is -2.41. The van der Waals surface area contributed by atoms with Crippen LogP contribution in [0.3, 0.4) is 0 Å². The van der Waals surface area contributed by atoms with Crippen molar-refractivity contribution in [2.24, 2.45) is 5.41 Å². The van der Waals surface area contributed by atoms with Crippen LogP contribution in [-0.2, 0) is 11.2 Å². The summed E-state index contributed by atoms with van der Waals surface area (Å²) in [5, 5.41) is 10.3. The van der Waals surface area contributed by atoms with Gasteiger partial charge < -0.3 is 9.84 Å². The van der Waals surface area contributed by atoms with Crippen LogP contribution in [0.4, 0.5) is 4.39 Å². The summed E-state index contributed by atoms with van der Waals surface area (Å²) in [6.07, 6.45) is -0.794. The summed E-state index contributed by atoms with van der Waals surface area (Å²) in [4.78, 5) is 0. The number of aliphatic hydroxyl groups excluding tert-OH is 1.